The highest BCUT2D eigenvalue weighted by molar-refractivity contribution is 7.92. The lowest BCUT2D eigenvalue weighted by Crippen LogP contribution is -2.27. The van der Waals surface area contributed by atoms with Crippen LogP contribution in [-0.4, -0.2) is 13.7 Å². The van der Waals surface area contributed by atoms with Crippen LogP contribution in [0.2, 0.25) is 0 Å². The van der Waals surface area contributed by atoms with Crippen molar-refractivity contribution < 1.29 is 21.6 Å². The zero-order valence-electron chi connectivity index (χ0n) is 10.6. The van der Waals surface area contributed by atoms with Crippen LogP contribution in [0.3, 0.4) is 0 Å². The maximum Gasteiger partial charge on any atom is 0.412 e. The van der Waals surface area contributed by atoms with Crippen molar-refractivity contribution in [1.29, 1.82) is 0 Å². The van der Waals surface area contributed by atoms with Crippen molar-refractivity contribution in [2.75, 3.05) is 0 Å². The van der Waals surface area contributed by atoms with E-state index in [0.29, 0.717) is 0 Å². The predicted molar refractivity (Wildman–Crippen MR) is 71.9 cm³/mol. The summed E-state index contributed by atoms with van der Waals surface area (Å²) in [5.74, 6) is 2.94. The van der Waals surface area contributed by atoms with E-state index in [1.165, 1.54) is 36.3 Å². The Bertz CT molecular complexity index is 786. The molecule has 2 aromatic rings. The molecule has 2 nitrogen and oxygen atoms in total. The van der Waals surface area contributed by atoms with E-state index in [1.54, 1.807) is 0 Å². The van der Waals surface area contributed by atoms with Gasteiger partial charge in [-0.15, -0.1) is 0 Å². The Kier molecular flexibility index (Phi) is 4.05. The summed E-state index contributed by atoms with van der Waals surface area (Å²) in [6, 6.07) is 10.8. The van der Waals surface area contributed by atoms with Crippen LogP contribution in [0.1, 0.15) is 5.56 Å². The number of alkyl halides is 2. The van der Waals surface area contributed by atoms with E-state index in [-0.39, 0.29) is 5.56 Å². The monoisotopic (exact) mass is 310 g/mol. The highest BCUT2D eigenvalue weighted by Crippen LogP contribution is 2.28. The molecule has 0 radical (unpaired) electrons. The van der Waals surface area contributed by atoms with Crippen LogP contribution in [0, 0.1) is 17.7 Å². The maximum atomic E-state index is 13.8. The molecule has 6 heteroatoms. The second kappa shape index (κ2) is 5.62. The van der Waals surface area contributed by atoms with Gasteiger partial charge in [-0.2, -0.15) is 8.78 Å². The fourth-order valence-electron chi connectivity index (χ4n) is 1.49. The Morgan fingerprint density at radius 1 is 0.905 bits per heavy atom. The smallest absolute Gasteiger partial charge is 0.216 e. The van der Waals surface area contributed by atoms with Crippen molar-refractivity contribution in [3.05, 3.63) is 66.0 Å². The molecule has 0 spiro atoms. The van der Waals surface area contributed by atoms with Crippen LogP contribution in [0.15, 0.2) is 59.5 Å². The SMILES string of the molecule is O=S(=O)(c1ccccc1)C(F)(F)C#Cc1ccc(F)cc1. The molecule has 0 saturated heterocycles. The Balaban J connectivity index is 2.37. The van der Waals surface area contributed by atoms with Crippen LogP contribution in [-0.2, 0) is 9.84 Å². The molecular formula is C15H9F3O2S. The van der Waals surface area contributed by atoms with Gasteiger partial charge in [-0.1, -0.05) is 24.1 Å². The first-order valence-corrected chi connectivity index (χ1v) is 7.27. The second-order valence-electron chi connectivity index (χ2n) is 4.09. The highest BCUT2D eigenvalue weighted by Gasteiger charge is 2.44. The molecule has 2 aromatic carbocycles. The molecule has 0 atom stereocenters. The third-order valence-electron chi connectivity index (χ3n) is 2.59. The fourth-order valence-corrected chi connectivity index (χ4v) is 2.49. The molecule has 0 amide bonds. The van der Waals surface area contributed by atoms with Gasteiger partial charge < -0.3 is 0 Å². The summed E-state index contributed by atoms with van der Waals surface area (Å²) < 4.78 is 63.9. The van der Waals surface area contributed by atoms with Crippen molar-refractivity contribution in [2.24, 2.45) is 0 Å². The molecule has 0 aromatic heterocycles. The Labute approximate surface area is 120 Å². The minimum atomic E-state index is -4.90. The van der Waals surface area contributed by atoms with Gasteiger partial charge in [-0.25, -0.2) is 12.8 Å². The van der Waals surface area contributed by atoms with Gasteiger partial charge in [0.25, 0.3) is 9.84 Å². The van der Waals surface area contributed by atoms with Crippen molar-refractivity contribution in [3.63, 3.8) is 0 Å². The zero-order chi connectivity index (χ0) is 15.5. The van der Waals surface area contributed by atoms with Gasteiger partial charge >= 0.3 is 5.25 Å². The summed E-state index contributed by atoms with van der Waals surface area (Å²) in [6.07, 6.45) is 0. The molecule has 0 saturated carbocycles. The van der Waals surface area contributed by atoms with E-state index in [1.807, 2.05) is 5.92 Å². The van der Waals surface area contributed by atoms with Crippen LogP contribution in [0.25, 0.3) is 0 Å². The third-order valence-corrected chi connectivity index (χ3v) is 4.26. The molecule has 21 heavy (non-hydrogen) atoms. The molecule has 0 aliphatic carbocycles. The lowest BCUT2D eigenvalue weighted by atomic mass is 10.2. The first-order chi connectivity index (χ1) is 9.83. The quantitative estimate of drug-likeness (QED) is 0.798. The molecular weight excluding hydrogens is 301 g/mol. The highest BCUT2D eigenvalue weighted by atomic mass is 32.2. The van der Waals surface area contributed by atoms with E-state index in [4.69, 9.17) is 0 Å². The topological polar surface area (TPSA) is 34.1 Å². The summed E-state index contributed by atoms with van der Waals surface area (Å²) >= 11 is 0. The summed E-state index contributed by atoms with van der Waals surface area (Å²) in [5, 5.41) is -4.23. The largest absolute Gasteiger partial charge is 0.412 e. The van der Waals surface area contributed by atoms with Gasteiger partial charge in [0, 0.05) is 5.56 Å². The van der Waals surface area contributed by atoms with Gasteiger partial charge in [0.2, 0.25) is 0 Å². The van der Waals surface area contributed by atoms with Crippen LogP contribution in [0.5, 0.6) is 0 Å². The zero-order valence-corrected chi connectivity index (χ0v) is 11.4. The number of rotatable bonds is 2. The van der Waals surface area contributed by atoms with Gasteiger partial charge in [0.1, 0.15) is 5.82 Å². The normalized spacial score (nSPS) is 11.6. The minimum Gasteiger partial charge on any atom is -0.216 e. The summed E-state index contributed by atoms with van der Waals surface area (Å²) in [6.45, 7) is 0. The van der Waals surface area contributed by atoms with Crippen LogP contribution >= 0.6 is 0 Å². The standard InChI is InChI=1S/C15H9F3O2S/c16-13-8-6-12(7-9-13)10-11-15(17,18)21(19,20)14-4-2-1-3-5-14/h1-9H. The molecule has 2 rings (SSSR count). The molecule has 108 valence electrons. The molecule has 0 aliphatic heterocycles. The second-order valence-corrected chi connectivity index (χ2v) is 6.08. The number of benzene rings is 2. The van der Waals surface area contributed by atoms with Crippen LogP contribution < -0.4 is 0 Å². The van der Waals surface area contributed by atoms with Gasteiger partial charge in [0.15, 0.2) is 0 Å². The molecule has 0 unspecified atom stereocenters. The Hall–Kier alpha value is -2.26. The average Bonchev–Trinajstić information content (AvgIpc) is 2.47. The summed E-state index contributed by atoms with van der Waals surface area (Å²) in [5.41, 5.74) is 0.0966. The van der Waals surface area contributed by atoms with E-state index in [2.05, 4.69) is 0 Å². The molecule has 0 aliphatic rings. The van der Waals surface area contributed by atoms with Crippen molar-refractivity contribution in [2.45, 2.75) is 10.2 Å². The predicted octanol–water partition coefficient (Wildman–Crippen LogP) is 3.24. The first kappa shape index (κ1) is 15.1. The van der Waals surface area contributed by atoms with Crippen molar-refractivity contribution in [3.8, 4) is 11.8 Å². The van der Waals surface area contributed by atoms with Gasteiger partial charge in [-0.05, 0) is 42.3 Å². The Morgan fingerprint density at radius 3 is 2.05 bits per heavy atom. The number of halogens is 3. The molecule has 0 fully saturated rings. The number of sulfone groups is 1. The summed E-state index contributed by atoms with van der Waals surface area (Å²) in [4.78, 5) is -0.511. The number of hydrogen-bond donors (Lipinski definition) is 0. The van der Waals surface area contributed by atoms with Crippen molar-refractivity contribution in [1.82, 2.24) is 0 Å². The first-order valence-electron chi connectivity index (χ1n) is 5.79. The minimum absolute atomic E-state index is 0.0966. The fraction of sp³-hybridized carbons (Fsp3) is 0.0667. The molecule has 0 bridgehead atoms. The molecule has 0 N–H and O–H groups in total. The van der Waals surface area contributed by atoms with Crippen molar-refractivity contribution >= 4 is 9.84 Å². The van der Waals surface area contributed by atoms with E-state index >= 15 is 0 Å². The number of hydrogen-bond acceptors (Lipinski definition) is 2. The van der Waals surface area contributed by atoms with Crippen LogP contribution in [0.4, 0.5) is 13.2 Å². The summed E-state index contributed by atoms with van der Waals surface area (Å²) in [7, 11) is -4.90. The lowest BCUT2D eigenvalue weighted by Gasteiger charge is -2.10. The van der Waals surface area contributed by atoms with E-state index < -0.39 is 25.8 Å². The Morgan fingerprint density at radius 2 is 1.48 bits per heavy atom. The van der Waals surface area contributed by atoms with Gasteiger partial charge in [0.05, 0.1) is 4.90 Å². The van der Waals surface area contributed by atoms with Gasteiger partial charge in [-0.3, -0.25) is 0 Å². The molecule has 0 heterocycles. The average molecular weight is 310 g/mol. The maximum absolute atomic E-state index is 13.8. The lowest BCUT2D eigenvalue weighted by molar-refractivity contribution is 0.158. The van der Waals surface area contributed by atoms with E-state index in [9.17, 15) is 21.6 Å². The third kappa shape index (κ3) is 3.26. The van der Waals surface area contributed by atoms with E-state index in [0.717, 1.165) is 24.3 Å².